The second-order valence-corrected chi connectivity index (χ2v) is 6.81. The van der Waals surface area contributed by atoms with Gasteiger partial charge in [-0.2, -0.15) is 0 Å². The van der Waals surface area contributed by atoms with E-state index in [1.807, 2.05) is 56.3 Å². The van der Waals surface area contributed by atoms with Crippen LogP contribution in [0.25, 0.3) is 0 Å². The lowest BCUT2D eigenvalue weighted by molar-refractivity contribution is 0.0772. The third-order valence-corrected chi connectivity index (χ3v) is 4.81. The Morgan fingerprint density at radius 1 is 0.800 bits per heavy atom. The summed E-state index contributed by atoms with van der Waals surface area (Å²) >= 11 is 0. The molecule has 5 heteroatoms. The Balaban J connectivity index is 1.57. The minimum absolute atomic E-state index is 0.0296. The number of nitrogens with one attached hydrogen (secondary N) is 1. The van der Waals surface area contributed by atoms with Crippen LogP contribution < -0.4 is 10.1 Å². The van der Waals surface area contributed by atoms with Crippen molar-refractivity contribution in [1.29, 1.82) is 0 Å². The largest absolute Gasteiger partial charge is 0.489 e. The van der Waals surface area contributed by atoms with Gasteiger partial charge in [-0.25, -0.2) is 0 Å². The standard InChI is InChI=1S/C25H26N2O3/c1-3-27(4-2)25(29)21-12-10-20(11-13-21)24(28)26-22-14-16-23(17-15-22)30-18-19-8-6-5-7-9-19/h5-17H,3-4,18H2,1-2H3,(H,26,28). The van der Waals surface area contributed by atoms with Gasteiger partial charge in [0.05, 0.1) is 0 Å². The van der Waals surface area contributed by atoms with Crippen LogP contribution in [-0.4, -0.2) is 29.8 Å². The van der Waals surface area contributed by atoms with Gasteiger partial charge in [0, 0.05) is 29.9 Å². The zero-order chi connectivity index (χ0) is 21.3. The average molecular weight is 402 g/mol. The fourth-order valence-electron chi connectivity index (χ4n) is 3.04. The molecule has 1 N–H and O–H groups in total. The van der Waals surface area contributed by atoms with E-state index in [9.17, 15) is 9.59 Å². The number of rotatable bonds is 8. The van der Waals surface area contributed by atoms with Gasteiger partial charge >= 0.3 is 0 Å². The number of benzene rings is 3. The van der Waals surface area contributed by atoms with E-state index in [0.717, 1.165) is 11.3 Å². The fraction of sp³-hybridized carbons (Fsp3) is 0.200. The number of anilines is 1. The molecule has 0 radical (unpaired) electrons. The first kappa shape index (κ1) is 21.1. The molecule has 3 aromatic rings. The molecule has 0 aliphatic carbocycles. The second-order valence-electron chi connectivity index (χ2n) is 6.81. The van der Waals surface area contributed by atoms with E-state index in [2.05, 4.69) is 5.32 Å². The van der Waals surface area contributed by atoms with E-state index in [4.69, 9.17) is 4.74 Å². The van der Waals surface area contributed by atoms with Crippen molar-refractivity contribution in [3.63, 3.8) is 0 Å². The van der Waals surface area contributed by atoms with E-state index in [-0.39, 0.29) is 11.8 Å². The fourth-order valence-corrected chi connectivity index (χ4v) is 3.04. The van der Waals surface area contributed by atoms with E-state index in [1.165, 1.54) is 0 Å². The van der Waals surface area contributed by atoms with Gasteiger partial charge in [0.25, 0.3) is 11.8 Å². The number of amides is 2. The number of nitrogens with zero attached hydrogens (tertiary/aromatic N) is 1. The highest BCUT2D eigenvalue weighted by Gasteiger charge is 2.13. The van der Waals surface area contributed by atoms with Crippen LogP contribution in [0.3, 0.4) is 0 Å². The number of hydrogen-bond acceptors (Lipinski definition) is 3. The van der Waals surface area contributed by atoms with Crippen molar-refractivity contribution in [2.24, 2.45) is 0 Å². The topological polar surface area (TPSA) is 58.6 Å². The molecule has 0 saturated carbocycles. The van der Waals surface area contributed by atoms with Crippen LogP contribution in [0.15, 0.2) is 78.9 Å². The highest BCUT2D eigenvalue weighted by atomic mass is 16.5. The first-order chi connectivity index (χ1) is 14.6. The monoisotopic (exact) mass is 402 g/mol. The lowest BCUT2D eigenvalue weighted by Gasteiger charge is -2.18. The SMILES string of the molecule is CCN(CC)C(=O)c1ccc(C(=O)Nc2ccc(OCc3ccccc3)cc2)cc1. The summed E-state index contributed by atoms with van der Waals surface area (Å²) in [4.78, 5) is 26.6. The van der Waals surface area contributed by atoms with E-state index in [0.29, 0.717) is 36.5 Å². The highest BCUT2D eigenvalue weighted by Crippen LogP contribution is 2.18. The van der Waals surface area contributed by atoms with Crippen molar-refractivity contribution in [3.8, 4) is 5.75 Å². The van der Waals surface area contributed by atoms with Gasteiger partial charge < -0.3 is 15.0 Å². The van der Waals surface area contributed by atoms with Crippen LogP contribution in [0.5, 0.6) is 5.75 Å². The molecule has 0 aliphatic rings. The minimum atomic E-state index is -0.227. The number of carbonyl (C=O) groups is 2. The summed E-state index contributed by atoms with van der Waals surface area (Å²) in [6, 6.07) is 23.9. The number of carbonyl (C=O) groups excluding carboxylic acids is 2. The minimum Gasteiger partial charge on any atom is -0.489 e. The molecule has 0 heterocycles. The summed E-state index contributed by atoms with van der Waals surface area (Å²) in [5, 5.41) is 2.86. The Bertz CT molecular complexity index is 964. The summed E-state index contributed by atoms with van der Waals surface area (Å²) in [6.07, 6.45) is 0. The van der Waals surface area contributed by atoms with Crippen molar-refractivity contribution in [2.75, 3.05) is 18.4 Å². The van der Waals surface area contributed by atoms with E-state index < -0.39 is 0 Å². The number of ether oxygens (including phenoxy) is 1. The Morgan fingerprint density at radius 3 is 2.00 bits per heavy atom. The lowest BCUT2D eigenvalue weighted by atomic mass is 10.1. The summed E-state index contributed by atoms with van der Waals surface area (Å²) < 4.78 is 5.76. The van der Waals surface area contributed by atoms with Gasteiger partial charge in [-0.15, -0.1) is 0 Å². The zero-order valence-corrected chi connectivity index (χ0v) is 17.3. The molecule has 0 aromatic heterocycles. The molecular weight excluding hydrogens is 376 g/mol. The van der Waals surface area contributed by atoms with Crippen LogP contribution in [-0.2, 0) is 6.61 Å². The van der Waals surface area contributed by atoms with Crippen molar-refractivity contribution in [2.45, 2.75) is 20.5 Å². The molecule has 3 rings (SSSR count). The van der Waals surface area contributed by atoms with Crippen LogP contribution in [0.1, 0.15) is 40.1 Å². The van der Waals surface area contributed by atoms with Gasteiger partial charge in [-0.1, -0.05) is 30.3 Å². The molecule has 0 bridgehead atoms. The molecule has 5 nitrogen and oxygen atoms in total. The van der Waals surface area contributed by atoms with Gasteiger partial charge in [-0.3, -0.25) is 9.59 Å². The van der Waals surface area contributed by atoms with Gasteiger partial charge in [-0.05, 0) is 67.9 Å². The van der Waals surface area contributed by atoms with Gasteiger partial charge in [0.15, 0.2) is 0 Å². The summed E-state index contributed by atoms with van der Waals surface area (Å²) in [5.74, 6) is 0.476. The Hall–Kier alpha value is -3.60. The molecule has 3 aromatic carbocycles. The Labute approximate surface area is 177 Å². The highest BCUT2D eigenvalue weighted by molar-refractivity contribution is 6.05. The maximum absolute atomic E-state index is 12.5. The normalized spacial score (nSPS) is 10.3. The molecule has 0 saturated heterocycles. The molecule has 154 valence electrons. The zero-order valence-electron chi connectivity index (χ0n) is 17.3. The maximum Gasteiger partial charge on any atom is 0.255 e. The van der Waals surface area contributed by atoms with Crippen molar-refractivity contribution in [3.05, 3.63) is 95.6 Å². The third kappa shape index (κ3) is 5.47. The molecule has 0 fully saturated rings. The third-order valence-electron chi connectivity index (χ3n) is 4.81. The van der Waals surface area contributed by atoms with Crippen molar-refractivity contribution >= 4 is 17.5 Å². The molecule has 30 heavy (non-hydrogen) atoms. The predicted octanol–water partition coefficient (Wildman–Crippen LogP) is 5.00. The molecule has 0 atom stereocenters. The van der Waals surface area contributed by atoms with Crippen molar-refractivity contribution < 1.29 is 14.3 Å². The van der Waals surface area contributed by atoms with Crippen molar-refractivity contribution in [1.82, 2.24) is 4.90 Å². The average Bonchev–Trinajstić information content (AvgIpc) is 2.80. The molecule has 0 unspecified atom stereocenters. The van der Waals surface area contributed by atoms with Gasteiger partial charge in [0.1, 0.15) is 12.4 Å². The molecule has 0 spiro atoms. The summed E-state index contributed by atoms with van der Waals surface area (Å²) in [5.41, 5.74) is 2.85. The summed E-state index contributed by atoms with van der Waals surface area (Å²) in [7, 11) is 0. The van der Waals surface area contributed by atoms with Crippen LogP contribution >= 0.6 is 0 Å². The van der Waals surface area contributed by atoms with Gasteiger partial charge in [0.2, 0.25) is 0 Å². The second kappa shape index (κ2) is 10.3. The van der Waals surface area contributed by atoms with Crippen LogP contribution in [0, 0.1) is 0 Å². The Morgan fingerprint density at radius 2 is 1.40 bits per heavy atom. The first-order valence-electron chi connectivity index (χ1n) is 10.1. The number of hydrogen-bond donors (Lipinski definition) is 1. The first-order valence-corrected chi connectivity index (χ1v) is 10.1. The molecule has 0 aliphatic heterocycles. The van der Waals surface area contributed by atoms with E-state index in [1.54, 1.807) is 41.3 Å². The van der Waals surface area contributed by atoms with Crippen LogP contribution in [0.4, 0.5) is 5.69 Å². The van der Waals surface area contributed by atoms with E-state index >= 15 is 0 Å². The predicted molar refractivity (Wildman–Crippen MR) is 119 cm³/mol. The van der Waals surface area contributed by atoms with Crippen LogP contribution in [0.2, 0.25) is 0 Å². The molecule has 2 amide bonds. The smallest absolute Gasteiger partial charge is 0.255 e. The summed E-state index contributed by atoms with van der Waals surface area (Å²) in [6.45, 7) is 5.69. The maximum atomic E-state index is 12.5. The Kier molecular flexibility index (Phi) is 7.22. The molecular formula is C25H26N2O3. The quantitative estimate of drug-likeness (QED) is 0.577. The lowest BCUT2D eigenvalue weighted by Crippen LogP contribution is -2.30.